The van der Waals surface area contributed by atoms with Crippen molar-refractivity contribution in [1.29, 1.82) is 0 Å². The highest BCUT2D eigenvalue weighted by atomic mass is 35.5. The van der Waals surface area contributed by atoms with Gasteiger partial charge >= 0.3 is 0 Å². The molecule has 0 bridgehead atoms. The molecule has 1 aliphatic rings. The van der Waals surface area contributed by atoms with Crippen molar-refractivity contribution in [3.05, 3.63) is 59.1 Å². The number of benzene rings is 2. The van der Waals surface area contributed by atoms with Gasteiger partial charge in [0.1, 0.15) is 0 Å². The van der Waals surface area contributed by atoms with E-state index in [0.29, 0.717) is 10.8 Å². The van der Waals surface area contributed by atoms with Crippen LogP contribution in [0.4, 0.5) is 0 Å². The van der Waals surface area contributed by atoms with E-state index in [0.717, 1.165) is 40.8 Å². The van der Waals surface area contributed by atoms with Crippen LogP contribution in [-0.4, -0.2) is 32.2 Å². The highest BCUT2D eigenvalue weighted by molar-refractivity contribution is 7.99. The molecule has 1 amide bonds. The maximum Gasteiger partial charge on any atom is 0.230 e. The Labute approximate surface area is 183 Å². The van der Waals surface area contributed by atoms with Gasteiger partial charge in [-0.2, -0.15) is 0 Å². The Morgan fingerprint density at radius 2 is 2.10 bits per heavy atom. The highest BCUT2D eigenvalue weighted by Gasteiger charge is 2.23. The quantitative estimate of drug-likeness (QED) is 0.538. The van der Waals surface area contributed by atoms with Crippen LogP contribution < -0.4 is 5.32 Å². The maximum absolute atomic E-state index is 12.6. The van der Waals surface area contributed by atoms with Gasteiger partial charge in [-0.05, 0) is 37.1 Å². The van der Waals surface area contributed by atoms with Gasteiger partial charge in [0.25, 0.3) is 0 Å². The van der Waals surface area contributed by atoms with Crippen LogP contribution in [0.1, 0.15) is 24.9 Å². The standard InChI is InChI=1S/C21H21ClN4OS2/c1-2-26-20(14-6-4-3-5-7-14)24-25-21(26)29-13-19(27)23-17-10-11-28-18-9-8-15(22)12-16(17)18/h3-9,12,17H,2,10-11,13H2,1H3,(H,23,27)/t17-/m0/s1. The number of nitrogens with one attached hydrogen (secondary N) is 1. The van der Waals surface area contributed by atoms with Gasteiger partial charge in [-0.1, -0.05) is 53.7 Å². The second-order valence-corrected chi connectivity index (χ2v) is 9.16. The fourth-order valence-corrected chi connectivity index (χ4v) is 5.46. The van der Waals surface area contributed by atoms with Gasteiger partial charge in [0, 0.05) is 27.8 Å². The smallest absolute Gasteiger partial charge is 0.230 e. The number of hydrogen-bond acceptors (Lipinski definition) is 5. The number of nitrogens with zero attached hydrogens (tertiary/aromatic N) is 3. The summed E-state index contributed by atoms with van der Waals surface area (Å²) in [6, 6.07) is 15.9. The molecule has 2 aromatic carbocycles. The summed E-state index contributed by atoms with van der Waals surface area (Å²) in [5.41, 5.74) is 2.13. The molecule has 0 spiro atoms. The van der Waals surface area contributed by atoms with E-state index in [1.54, 1.807) is 0 Å². The summed E-state index contributed by atoms with van der Waals surface area (Å²) in [5, 5.41) is 13.2. The summed E-state index contributed by atoms with van der Waals surface area (Å²) in [6.45, 7) is 2.80. The van der Waals surface area contributed by atoms with Crippen molar-refractivity contribution in [2.75, 3.05) is 11.5 Å². The second kappa shape index (κ2) is 9.24. The molecule has 8 heteroatoms. The summed E-state index contributed by atoms with van der Waals surface area (Å²) in [4.78, 5) is 13.8. The molecule has 0 unspecified atom stereocenters. The van der Waals surface area contributed by atoms with E-state index in [2.05, 4.69) is 22.4 Å². The van der Waals surface area contributed by atoms with Crippen molar-refractivity contribution < 1.29 is 4.79 Å². The summed E-state index contributed by atoms with van der Waals surface area (Å²) in [6.07, 6.45) is 0.901. The van der Waals surface area contributed by atoms with Crippen LogP contribution in [0.5, 0.6) is 0 Å². The number of hydrogen-bond donors (Lipinski definition) is 1. The van der Waals surface area contributed by atoms with Gasteiger partial charge in [-0.3, -0.25) is 4.79 Å². The van der Waals surface area contributed by atoms with Gasteiger partial charge in [0.2, 0.25) is 5.91 Å². The molecule has 1 aliphatic heterocycles. The summed E-state index contributed by atoms with van der Waals surface area (Å²) >= 11 is 9.38. The monoisotopic (exact) mass is 444 g/mol. The number of thioether (sulfide) groups is 2. The van der Waals surface area contributed by atoms with Crippen LogP contribution in [0, 0.1) is 0 Å². The van der Waals surface area contributed by atoms with Crippen molar-refractivity contribution in [2.45, 2.75) is 36.0 Å². The van der Waals surface area contributed by atoms with E-state index >= 15 is 0 Å². The molecule has 0 aliphatic carbocycles. The summed E-state index contributed by atoms with van der Waals surface area (Å²) in [7, 11) is 0. The van der Waals surface area contributed by atoms with Crippen LogP contribution >= 0.6 is 35.1 Å². The van der Waals surface area contributed by atoms with Crippen molar-refractivity contribution in [1.82, 2.24) is 20.1 Å². The Morgan fingerprint density at radius 1 is 1.28 bits per heavy atom. The minimum atomic E-state index is -0.00950. The Morgan fingerprint density at radius 3 is 2.90 bits per heavy atom. The van der Waals surface area contributed by atoms with Gasteiger partial charge in [-0.15, -0.1) is 22.0 Å². The Kier molecular flexibility index (Phi) is 6.47. The molecule has 1 N–H and O–H groups in total. The molecule has 1 aromatic heterocycles. The number of fused-ring (bicyclic) bond motifs is 1. The maximum atomic E-state index is 12.6. The molecule has 150 valence electrons. The van der Waals surface area contributed by atoms with Gasteiger partial charge in [0.15, 0.2) is 11.0 Å². The van der Waals surface area contributed by atoms with E-state index in [9.17, 15) is 4.79 Å². The molecule has 0 saturated carbocycles. The number of rotatable bonds is 6. The van der Waals surface area contributed by atoms with Crippen molar-refractivity contribution in [3.63, 3.8) is 0 Å². The Hall–Kier alpha value is -1.96. The van der Waals surface area contributed by atoms with Gasteiger partial charge < -0.3 is 9.88 Å². The molecule has 0 radical (unpaired) electrons. The molecule has 3 aromatic rings. The minimum absolute atomic E-state index is 0.00183. The molecular formula is C21H21ClN4OS2. The first kappa shape index (κ1) is 20.3. The zero-order valence-electron chi connectivity index (χ0n) is 16.0. The van der Waals surface area contributed by atoms with Crippen LogP contribution in [0.2, 0.25) is 5.02 Å². The third-order valence-electron chi connectivity index (χ3n) is 4.74. The van der Waals surface area contributed by atoms with E-state index in [1.165, 1.54) is 16.7 Å². The minimum Gasteiger partial charge on any atom is -0.348 e. The molecule has 0 fully saturated rings. The topological polar surface area (TPSA) is 59.8 Å². The number of halogens is 1. The van der Waals surface area contributed by atoms with E-state index in [-0.39, 0.29) is 11.9 Å². The molecule has 5 nitrogen and oxygen atoms in total. The second-order valence-electron chi connectivity index (χ2n) is 6.64. The number of carbonyl (C=O) groups excluding carboxylic acids is 1. The highest BCUT2D eigenvalue weighted by Crippen LogP contribution is 2.37. The fraction of sp³-hybridized carbons (Fsp3) is 0.286. The Bertz CT molecular complexity index is 1010. The van der Waals surface area contributed by atoms with Crippen molar-refractivity contribution in [3.8, 4) is 11.4 Å². The average molecular weight is 445 g/mol. The van der Waals surface area contributed by atoms with Crippen LogP contribution in [0.25, 0.3) is 11.4 Å². The number of aromatic nitrogens is 3. The van der Waals surface area contributed by atoms with Gasteiger partial charge in [0.05, 0.1) is 11.8 Å². The fourth-order valence-electron chi connectivity index (χ4n) is 3.36. The van der Waals surface area contributed by atoms with Crippen molar-refractivity contribution in [2.24, 2.45) is 0 Å². The zero-order chi connectivity index (χ0) is 20.2. The lowest BCUT2D eigenvalue weighted by Crippen LogP contribution is -2.32. The van der Waals surface area contributed by atoms with Crippen LogP contribution in [0.15, 0.2) is 58.6 Å². The van der Waals surface area contributed by atoms with E-state index in [1.807, 2.05) is 64.9 Å². The van der Waals surface area contributed by atoms with Crippen molar-refractivity contribution >= 4 is 41.0 Å². The summed E-state index contributed by atoms with van der Waals surface area (Å²) in [5.74, 6) is 2.10. The lowest BCUT2D eigenvalue weighted by atomic mass is 10.0. The first-order valence-corrected chi connectivity index (χ1v) is 11.8. The third-order valence-corrected chi connectivity index (χ3v) is 7.07. The molecule has 1 atom stereocenters. The predicted molar refractivity (Wildman–Crippen MR) is 120 cm³/mol. The van der Waals surface area contributed by atoms with E-state index in [4.69, 9.17) is 11.6 Å². The zero-order valence-corrected chi connectivity index (χ0v) is 18.4. The molecule has 4 rings (SSSR count). The molecular weight excluding hydrogens is 424 g/mol. The van der Waals surface area contributed by atoms with E-state index < -0.39 is 0 Å². The normalized spacial score (nSPS) is 15.7. The third kappa shape index (κ3) is 4.63. The molecule has 29 heavy (non-hydrogen) atoms. The largest absolute Gasteiger partial charge is 0.348 e. The summed E-state index contributed by atoms with van der Waals surface area (Å²) < 4.78 is 2.04. The van der Waals surface area contributed by atoms with Crippen LogP contribution in [-0.2, 0) is 11.3 Å². The molecule has 2 heterocycles. The van der Waals surface area contributed by atoms with Gasteiger partial charge in [-0.25, -0.2) is 0 Å². The Balaban J connectivity index is 1.42. The van der Waals surface area contributed by atoms with Crippen LogP contribution in [0.3, 0.4) is 0 Å². The number of carbonyl (C=O) groups is 1. The predicted octanol–water partition coefficient (Wildman–Crippen LogP) is 5.06. The molecule has 0 saturated heterocycles. The SMILES string of the molecule is CCn1c(SCC(=O)N[C@H]2CCSc3ccc(Cl)cc32)nnc1-c1ccccc1. The first-order chi connectivity index (χ1) is 14.2. The first-order valence-electron chi connectivity index (χ1n) is 9.48. The lowest BCUT2D eigenvalue weighted by Gasteiger charge is -2.26. The lowest BCUT2D eigenvalue weighted by molar-refractivity contribution is -0.119. The average Bonchev–Trinajstić information content (AvgIpc) is 3.16. The number of amides is 1.